The molecule has 0 aliphatic heterocycles. The van der Waals surface area contributed by atoms with Crippen LogP contribution in [0.1, 0.15) is 11.1 Å². The van der Waals surface area contributed by atoms with E-state index in [2.05, 4.69) is 12.1 Å². The SMILES string of the molecule is Oc1cc(O)cc(-c2ccc3c(c2-c2cc(O)cc(O)c2)Cc2ccccc2-3)c1. The van der Waals surface area contributed by atoms with Crippen LogP contribution in [0.3, 0.4) is 0 Å². The van der Waals surface area contributed by atoms with Gasteiger partial charge in [-0.05, 0) is 75.2 Å². The molecule has 5 rings (SSSR count). The lowest BCUT2D eigenvalue weighted by atomic mass is 9.87. The largest absolute Gasteiger partial charge is 0.508 e. The molecule has 0 saturated heterocycles. The van der Waals surface area contributed by atoms with Crippen LogP contribution in [-0.2, 0) is 6.42 Å². The topological polar surface area (TPSA) is 80.9 Å². The van der Waals surface area contributed by atoms with Crippen LogP contribution < -0.4 is 0 Å². The highest BCUT2D eigenvalue weighted by Gasteiger charge is 2.25. The molecule has 4 heteroatoms. The van der Waals surface area contributed by atoms with Gasteiger partial charge >= 0.3 is 0 Å². The molecule has 1 aliphatic carbocycles. The highest BCUT2D eigenvalue weighted by atomic mass is 16.3. The molecule has 0 radical (unpaired) electrons. The Bertz CT molecular complexity index is 1230. The molecule has 4 aromatic carbocycles. The van der Waals surface area contributed by atoms with Gasteiger partial charge in [0.15, 0.2) is 0 Å². The monoisotopic (exact) mass is 382 g/mol. The summed E-state index contributed by atoms with van der Waals surface area (Å²) in [6, 6.07) is 21.2. The molecule has 4 N–H and O–H groups in total. The second-order valence-corrected chi connectivity index (χ2v) is 7.32. The fraction of sp³-hybridized carbons (Fsp3) is 0.0400. The number of hydrogen-bond acceptors (Lipinski definition) is 4. The highest BCUT2D eigenvalue weighted by molar-refractivity contribution is 5.94. The van der Waals surface area contributed by atoms with Gasteiger partial charge in [-0.3, -0.25) is 0 Å². The first-order valence-electron chi connectivity index (χ1n) is 9.30. The first-order chi connectivity index (χ1) is 14.0. The zero-order valence-corrected chi connectivity index (χ0v) is 15.4. The summed E-state index contributed by atoms with van der Waals surface area (Å²) < 4.78 is 0. The van der Waals surface area contributed by atoms with E-state index in [0.29, 0.717) is 11.1 Å². The molecular weight excluding hydrogens is 364 g/mol. The maximum absolute atomic E-state index is 10.1. The smallest absolute Gasteiger partial charge is 0.119 e. The molecule has 0 fully saturated rings. The van der Waals surface area contributed by atoms with E-state index in [0.717, 1.165) is 28.7 Å². The van der Waals surface area contributed by atoms with Crippen LogP contribution in [0.15, 0.2) is 72.8 Å². The van der Waals surface area contributed by atoms with Crippen LogP contribution in [0.25, 0.3) is 33.4 Å². The summed E-state index contributed by atoms with van der Waals surface area (Å²) in [4.78, 5) is 0. The Morgan fingerprint density at radius 1 is 0.517 bits per heavy atom. The van der Waals surface area contributed by atoms with Crippen LogP contribution in [-0.4, -0.2) is 20.4 Å². The predicted molar refractivity (Wildman–Crippen MR) is 112 cm³/mol. The Balaban J connectivity index is 1.84. The van der Waals surface area contributed by atoms with Crippen molar-refractivity contribution in [2.45, 2.75) is 6.42 Å². The number of phenolic OH excluding ortho intramolecular Hbond substituents is 4. The Morgan fingerprint density at radius 2 is 1.07 bits per heavy atom. The summed E-state index contributed by atoms with van der Waals surface area (Å²) in [6.45, 7) is 0. The van der Waals surface area contributed by atoms with Gasteiger partial charge in [-0.15, -0.1) is 0 Å². The van der Waals surface area contributed by atoms with E-state index in [4.69, 9.17) is 0 Å². The van der Waals surface area contributed by atoms with E-state index < -0.39 is 0 Å². The number of fused-ring (bicyclic) bond motifs is 3. The zero-order valence-electron chi connectivity index (χ0n) is 15.4. The Morgan fingerprint density at radius 3 is 1.72 bits per heavy atom. The molecule has 0 aromatic heterocycles. The van der Waals surface area contributed by atoms with Crippen molar-refractivity contribution in [1.29, 1.82) is 0 Å². The molecule has 0 amide bonds. The Hall–Kier alpha value is -3.92. The van der Waals surface area contributed by atoms with Crippen LogP contribution in [0.2, 0.25) is 0 Å². The lowest BCUT2D eigenvalue weighted by Crippen LogP contribution is -1.93. The van der Waals surface area contributed by atoms with E-state index in [1.54, 1.807) is 24.3 Å². The molecule has 1 aliphatic rings. The zero-order chi connectivity index (χ0) is 20.1. The predicted octanol–water partition coefficient (Wildman–Crippen LogP) is 5.41. The minimum absolute atomic E-state index is 0.0298. The summed E-state index contributed by atoms with van der Waals surface area (Å²) in [6.07, 6.45) is 0.718. The molecule has 0 bridgehead atoms. The molecule has 29 heavy (non-hydrogen) atoms. The van der Waals surface area contributed by atoms with Gasteiger partial charge in [-0.25, -0.2) is 0 Å². The van der Waals surface area contributed by atoms with Crippen molar-refractivity contribution >= 4 is 0 Å². The fourth-order valence-electron chi connectivity index (χ4n) is 4.27. The van der Waals surface area contributed by atoms with Crippen molar-refractivity contribution in [2.24, 2.45) is 0 Å². The van der Waals surface area contributed by atoms with Crippen molar-refractivity contribution in [2.75, 3.05) is 0 Å². The van der Waals surface area contributed by atoms with E-state index in [-0.39, 0.29) is 23.0 Å². The quantitative estimate of drug-likeness (QED) is 0.329. The van der Waals surface area contributed by atoms with Gasteiger partial charge < -0.3 is 20.4 Å². The van der Waals surface area contributed by atoms with Crippen LogP contribution in [0.5, 0.6) is 23.0 Å². The molecule has 4 aromatic rings. The maximum atomic E-state index is 10.1. The van der Waals surface area contributed by atoms with Crippen LogP contribution in [0, 0.1) is 0 Å². The average molecular weight is 382 g/mol. The number of phenols is 4. The Kier molecular flexibility index (Phi) is 3.74. The molecular formula is C25H18O4. The lowest BCUT2D eigenvalue weighted by molar-refractivity contribution is 0.450. The molecule has 142 valence electrons. The third kappa shape index (κ3) is 2.86. The van der Waals surface area contributed by atoms with Crippen molar-refractivity contribution in [3.63, 3.8) is 0 Å². The van der Waals surface area contributed by atoms with Gasteiger partial charge in [0, 0.05) is 12.1 Å². The standard InChI is InChI=1S/C25H18O4/c26-17-7-15(8-18(27)12-17)22-5-6-23-21-4-2-1-3-14(21)11-24(23)25(22)16-9-19(28)13-20(29)10-16/h1-10,12-13,26-29H,11H2. The maximum Gasteiger partial charge on any atom is 0.119 e. The van der Waals surface area contributed by atoms with E-state index in [1.165, 1.54) is 23.3 Å². The van der Waals surface area contributed by atoms with Crippen molar-refractivity contribution < 1.29 is 20.4 Å². The lowest BCUT2D eigenvalue weighted by Gasteiger charge is -2.17. The van der Waals surface area contributed by atoms with Gasteiger partial charge in [0.1, 0.15) is 23.0 Å². The number of benzene rings is 4. The Labute approximate surface area is 167 Å². The van der Waals surface area contributed by atoms with Crippen LogP contribution >= 0.6 is 0 Å². The summed E-state index contributed by atoms with van der Waals surface area (Å²) >= 11 is 0. The number of aromatic hydroxyl groups is 4. The van der Waals surface area contributed by atoms with E-state index >= 15 is 0 Å². The van der Waals surface area contributed by atoms with Crippen LogP contribution in [0.4, 0.5) is 0 Å². The normalized spacial score (nSPS) is 11.9. The van der Waals surface area contributed by atoms with Gasteiger partial charge in [0.25, 0.3) is 0 Å². The minimum Gasteiger partial charge on any atom is -0.508 e. The first kappa shape index (κ1) is 17.2. The second kappa shape index (κ2) is 6.31. The second-order valence-electron chi connectivity index (χ2n) is 7.32. The van der Waals surface area contributed by atoms with Gasteiger partial charge in [-0.2, -0.15) is 0 Å². The molecule has 0 heterocycles. The summed E-state index contributed by atoms with van der Waals surface area (Å²) in [5.41, 5.74) is 7.54. The number of rotatable bonds is 2. The number of hydrogen-bond donors (Lipinski definition) is 4. The molecule has 0 unspecified atom stereocenters. The molecule has 4 nitrogen and oxygen atoms in total. The van der Waals surface area contributed by atoms with Crippen molar-refractivity contribution in [1.82, 2.24) is 0 Å². The molecule has 0 saturated carbocycles. The van der Waals surface area contributed by atoms with Gasteiger partial charge in [-0.1, -0.05) is 36.4 Å². The fourth-order valence-corrected chi connectivity index (χ4v) is 4.27. The van der Waals surface area contributed by atoms with Crippen molar-refractivity contribution in [3.05, 3.63) is 83.9 Å². The average Bonchev–Trinajstić information content (AvgIpc) is 3.04. The highest BCUT2D eigenvalue weighted by Crippen LogP contribution is 2.47. The van der Waals surface area contributed by atoms with Crippen molar-refractivity contribution in [3.8, 4) is 56.4 Å². The summed E-state index contributed by atoms with van der Waals surface area (Å²) in [7, 11) is 0. The van der Waals surface area contributed by atoms with Gasteiger partial charge in [0.2, 0.25) is 0 Å². The first-order valence-corrected chi connectivity index (χ1v) is 9.30. The van der Waals surface area contributed by atoms with Gasteiger partial charge in [0.05, 0.1) is 0 Å². The molecule has 0 spiro atoms. The minimum atomic E-state index is -0.0338. The summed E-state index contributed by atoms with van der Waals surface area (Å²) in [5, 5.41) is 40.2. The molecule has 0 atom stereocenters. The third-order valence-electron chi connectivity index (χ3n) is 5.39. The summed E-state index contributed by atoms with van der Waals surface area (Å²) in [5.74, 6) is -0.127. The van der Waals surface area contributed by atoms with E-state index in [9.17, 15) is 20.4 Å². The third-order valence-corrected chi connectivity index (χ3v) is 5.39. The van der Waals surface area contributed by atoms with E-state index in [1.807, 2.05) is 24.3 Å².